The van der Waals surface area contributed by atoms with Crippen molar-refractivity contribution in [2.45, 2.75) is 39.0 Å². The van der Waals surface area contributed by atoms with Gasteiger partial charge in [-0.25, -0.2) is 9.97 Å². The number of benzene rings is 1. The van der Waals surface area contributed by atoms with Crippen molar-refractivity contribution in [2.24, 2.45) is 0 Å². The summed E-state index contributed by atoms with van der Waals surface area (Å²) < 4.78 is 0. The van der Waals surface area contributed by atoms with E-state index in [0.29, 0.717) is 0 Å². The lowest BCUT2D eigenvalue weighted by atomic mass is 9.92. The lowest BCUT2D eigenvalue weighted by Crippen LogP contribution is -2.08. The monoisotopic (exact) mass is 311 g/mol. The van der Waals surface area contributed by atoms with Crippen molar-refractivity contribution in [3.05, 3.63) is 69.7 Å². The van der Waals surface area contributed by atoms with Gasteiger partial charge in [0.25, 0.3) is 0 Å². The highest BCUT2D eigenvalue weighted by Gasteiger charge is 2.23. The van der Waals surface area contributed by atoms with Crippen LogP contribution in [0.3, 0.4) is 0 Å². The highest BCUT2D eigenvalue weighted by atomic mass is 32.1. The van der Waals surface area contributed by atoms with Crippen LogP contribution in [0.2, 0.25) is 0 Å². The maximum Gasteiger partial charge on any atom is 0.0928 e. The average Bonchev–Trinajstić information content (AvgIpc) is 3.23. The molecule has 0 amide bonds. The van der Waals surface area contributed by atoms with Crippen molar-refractivity contribution >= 4 is 11.3 Å². The van der Waals surface area contributed by atoms with Gasteiger partial charge in [-0.3, -0.25) is 0 Å². The number of hydrogen-bond donors (Lipinski definition) is 1. The number of H-pyrrole nitrogens is 1. The van der Waals surface area contributed by atoms with Gasteiger partial charge in [-0.15, -0.1) is 11.3 Å². The summed E-state index contributed by atoms with van der Waals surface area (Å²) in [5, 5.41) is 1.23. The molecular weight excluding hydrogens is 290 g/mol. The van der Waals surface area contributed by atoms with Crippen molar-refractivity contribution in [3.8, 4) is 0 Å². The number of nitrogens with one attached hydrogen (secondary N) is 1. The molecular formula is C18H21N3S. The van der Waals surface area contributed by atoms with Crippen molar-refractivity contribution in [2.75, 3.05) is 0 Å². The number of aromatic amines is 1. The minimum Gasteiger partial charge on any atom is -0.348 e. The molecule has 0 aliphatic rings. The molecule has 0 spiro atoms. The Morgan fingerprint density at radius 2 is 1.95 bits per heavy atom. The maximum absolute atomic E-state index is 4.92. The Morgan fingerprint density at radius 3 is 2.59 bits per heavy atom. The van der Waals surface area contributed by atoms with E-state index < -0.39 is 0 Å². The van der Waals surface area contributed by atoms with Crippen molar-refractivity contribution < 1.29 is 0 Å². The van der Waals surface area contributed by atoms with Crippen LogP contribution in [0.25, 0.3) is 0 Å². The van der Waals surface area contributed by atoms with E-state index in [2.05, 4.69) is 54.1 Å². The summed E-state index contributed by atoms with van der Waals surface area (Å²) in [7, 11) is 0. The topological polar surface area (TPSA) is 41.6 Å². The van der Waals surface area contributed by atoms with Gasteiger partial charge < -0.3 is 4.98 Å². The molecule has 0 radical (unpaired) electrons. The Labute approximate surface area is 135 Å². The zero-order chi connectivity index (χ0) is 15.4. The molecule has 0 fully saturated rings. The maximum atomic E-state index is 4.92. The smallest absolute Gasteiger partial charge is 0.0928 e. The van der Waals surface area contributed by atoms with Crippen LogP contribution >= 0.6 is 11.3 Å². The second-order valence-corrected chi connectivity index (χ2v) is 6.54. The zero-order valence-corrected chi connectivity index (χ0v) is 13.9. The summed E-state index contributed by atoms with van der Waals surface area (Å²) >= 11 is 1.85. The predicted octanol–water partition coefficient (Wildman–Crippen LogP) is 4.37. The van der Waals surface area contributed by atoms with E-state index in [0.717, 1.165) is 25.0 Å². The van der Waals surface area contributed by atoms with E-state index in [9.17, 15) is 0 Å². The first-order valence-electron chi connectivity index (χ1n) is 7.82. The molecule has 4 heteroatoms. The molecule has 2 heterocycles. The largest absolute Gasteiger partial charge is 0.348 e. The highest BCUT2D eigenvalue weighted by Crippen LogP contribution is 2.32. The van der Waals surface area contributed by atoms with Crippen molar-refractivity contribution in [1.29, 1.82) is 0 Å². The number of aromatic nitrogens is 3. The van der Waals surface area contributed by atoms with Gasteiger partial charge in [-0.2, -0.15) is 0 Å². The third-order valence-electron chi connectivity index (χ3n) is 3.90. The van der Waals surface area contributed by atoms with Gasteiger partial charge in [0, 0.05) is 22.7 Å². The number of hydrogen-bond acceptors (Lipinski definition) is 3. The Bertz CT molecular complexity index is 701. The second-order valence-electron chi connectivity index (χ2n) is 5.37. The molecule has 3 aromatic rings. The quantitative estimate of drug-likeness (QED) is 0.734. The molecule has 2 aromatic heterocycles. The van der Waals surface area contributed by atoms with Crippen molar-refractivity contribution in [3.63, 3.8) is 0 Å². The SMILES string of the molecule is CCc1nc(C(Cc2ccccc2)c2cnc[nH]2)c(CC)s1. The van der Waals surface area contributed by atoms with Crippen LogP contribution in [0, 0.1) is 0 Å². The summed E-state index contributed by atoms with van der Waals surface area (Å²) in [6.45, 7) is 4.38. The normalized spacial score (nSPS) is 12.5. The summed E-state index contributed by atoms with van der Waals surface area (Å²) in [5.74, 6) is 0.247. The molecule has 0 aliphatic carbocycles. The average molecular weight is 311 g/mol. The molecule has 114 valence electrons. The number of rotatable bonds is 6. The fourth-order valence-electron chi connectivity index (χ4n) is 2.75. The number of imidazole rings is 1. The molecule has 3 nitrogen and oxygen atoms in total. The van der Waals surface area contributed by atoms with Crippen LogP contribution in [0.15, 0.2) is 42.9 Å². The van der Waals surface area contributed by atoms with E-state index in [1.807, 2.05) is 17.5 Å². The standard InChI is InChI=1S/C18H21N3S/c1-3-16-18(21-17(4-2)22-16)14(15-11-19-12-20-15)10-13-8-6-5-7-9-13/h5-9,11-12,14H,3-4,10H2,1-2H3,(H,19,20). The Hall–Kier alpha value is -1.94. The van der Waals surface area contributed by atoms with Crippen LogP contribution in [-0.2, 0) is 19.3 Å². The minimum atomic E-state index is 0.247. The Balaban J connectivity index is 2.00. The van der Waals surface area contributed by atoms with Gasteiger partial charge >= 0.3 is 0 Å². The Morgan fingerprint density at radius 1 is 1.14 bits per heavy atom. The molecule has 0 saturated heterocycles. The van der Waals surface area contributed by atoms with Crippen LogP contribution < -0.4 is 0 Å². The lowest BCUT2D eigenvalue weighted by Gasteiger charge is -2.15. The van der Waals surface area contributed by atoms with Gasteiger partial charge in [-0.1, -0.05) is 44.2 Å². The van der Waals surface area contributed by atoms with E-state index in [-0.39, 0.29) is 5.92 Å². The molecule has 0 saturated carbocycles. The molecule has 3 rings (SSSR count). The minimum absolute atomic E-state index is 0.247. The van der Waals surface area contributed by atoms with Gasteiger partial charge in [-0.05, 0) is 24.8 Å². The van der Waals surface area contributed by atoms with Crippen LogP contribution in [-0.4, -0.2) is 15.0 Å². The summed E-state index contributed by atoms with van der Waals surface area (Å²) in [5.41, 5.74) is 3.69. The first kappa shape index (κ1) is 15.0. The summed E-state index contributed by atoms with van der Waals surface area (Å²) in [6, 6.07) is 10.6. The molecule has 1 N–H and O–H groups in total. The van der Waals surface area contributed by atoms with Gasteiger partial charge in [0.15, 0.2) is 0 Å². The molecule has 0 bridgehead atoms. The molecule has 0 aliphatic heterocycles. The lowest BCUT2D eigenvalue weighted by molar-refractivity contribution is 0.744. The van der Waals surface area contributed by atoms with Gasteiger partial charge in [0.05, 0.1) is 17.0 Å². The second kappa shape index (κ2) is 6.88. The van der Waals surface area contributed by atoms with E-state index in [4.69, 9.17) is 4.98 Å². The Kier molecular flexibility index (Phi) is 4.68. The van der Waals surface area contributed by atoms with E-state index in [1.165, 1.54) is 21.1 Å². The first-order chi connectivity index (χ1) is 10.8. The van der Waals surface area contributed by atoms with Gasteiger partial charge in [0.2, 0.25) is 0 Å². The van der Waals surface area contributed by atoms with Crippen LogP contribution in [0.1, 0.15) is 46.6 Å². The predicted molar refractivity (Wildman–Crippen MR) is 91.4 cm³/mol. The van der Waals surface area contributed by atoms with Crippen molar-refractivity contribution in [1.82, 2.24) is 15.0 Å². The summed E-state index contributed by atoms with van der Waals surface area (Å²) in [4.78, 5) is 13.8. The molecule has 1 unspecified atom stereocenters. The van der Waals surface area contributed by atoms with Crippen LogP contribution in [0.4, 0.5) is 0 Å². The fourth-order valence-corrected chi connectivity index (χ4v) is 3.76. The number of thiazole rings is 1. The number of nitrogens with zero attached hydrogens (tertiary/aromatic N) is 2. The highest BCUT2D eigenvalue weighted by molar-refractivity contribution is 7.11. The van der Waals surface area contributed by atoms with E-state index in [1.54, 1.807) is 6.33 Å². The first-order valence-corrected chi connectivity index (χ1v) is 8.64. The number of aryl methyl sites for hydroxylation is 2. The fraction of sp³-hybridized carbons (Fsp3) is 0.333. The molecule has 1 atom stereocenters. The molecule has 22 heavy (non-hydrogen) atoms. The third kappa shape index (κ3) is 3.12. The van der Waals surface area contributed by atoms with Crippen LogP contribution in [0.5, 0.6) is 0 Å². The van der Waals surface area contributed by atoms with Gasteiger partial charge in [0.1, 0.15) is 0 Å². The zero-order valence-electron chi connectivity index (χ0n) is 13.0. The third-order valence-corrected chi connectivity index (χ3v) is 5.26. The summed E-state index contributed by atoms with van der Waals surface area (Å²) in [6.07, 6.45) is 6.66. The molecule has 1 aromatic carbocycles. The van der Waals surface area contributed by atoms with E-state index >= 15 is 0 Å².